The van der Waals surface area contributed by atoms with Crippen molar-refractivity contribution in [2.45, 2.75) is 18.2 Å². The molecule has 1 aromatic heterocycles. The van der Waals surface area contributed by atoms with Crippen LogP contribution in [0.2, 0.25) is 0 Å². The summed E-state index contributed by atoms with van der Waals surface area (Å²) in [6, 6.07) is 0.553. The fourth-order valence-electron chi connectivity index (χ4n) is 1.89. The van der Waals surface area contributed by atoms with E-state index < -0.39 is 28.1 Å². The maximum atomic E-state index is 12.6. The fourth-order valence-corrected chi connectivity index (χ4v) is 1.89. The molecule has 0 amide bonds. The largest absolute Gasteiger partial charge is 0.433 e. The van der Waals surface area contributed by atoms with Crippen molar-refractivity contribution in [2.24, 2.45) is 0 Å². The molecular formula is C11H12F3N3O4. The normalized spacial score (nSPS) is 22.3. The van der Waals surface area contributed by atoms with Gasteiger partial charge >= 0.3 is 11.9 Å². The molecule has 10 heteroatoms. The van der Waals surface area contributed by atoms with Gasteiger partial charge in [0.05, 0.1) is 11.5 Å². The zero-order valence-electron chi connectivity index (χ0n) is 10.7. The molecule has 0 bridgehead atoms. The van der Waals surface area contributed by atoms with Gasteiger partial charge in [-0.25, -0.2) is 4.98 Å². The molecule has 0 spiro atoms. The van der Waals surface area contributed by atoms with E-state index in [4.69, 9.17) is 4.74 Å². The van der Waals surface area contributed by atoms with Crippen molar-refractivity contribution in [3.63, 3.8) is 0 Å². The lowest BCUT2D eigenvalue weighted by molar-refractivity contribution is -0.384. The molecule has 1 aliphatic heterocycles. The van der Waals surface area contributed by atoms with Crippen LogP contribution in [-0.4, -0.2) is 40.4 Å². The van der Waals surface area contributed by atoms with Crippen LogP contribution in [0.1, 0.15) is 12.1 Å². The monoisotopic (exact) mass is 307 g/mol. The van der Waals surface area contributed by atoms with E-state index in [9.17, 15) is 28.4 Å². The zero-order valence-corrected chi connectivity index (χ0v) is 10.7. The molecule has 116 valence electrons. The molecule has 0 saturated carbocycles. The molecule has 1 saturated heterocycles. The van der Waals surface area contributed by atoms with E-state index >= 15 is 0 Å². The number of nitrogens with one attached hydrogen (secondary N) is 1. The van der Waals surface area contributed by atoms with Gasteiger partial charge in [0.1, 0.15) is 23.2 Å². The summed E-state index contributed by atoms with van der Waals surface area (Å²) in [7, 11) is 0. The van der Waals surface area contributed by atoms with Gasteiger partial charge in [-0.15, -0.1) is 0 Å². The maximum Gasteiger partial charge on any atom is 0.433 e. The Hall–Kier alpha value is -1.94. The predicted octanol–water partition coefficient (Wildman–Crippen LogP) is 1.57. The fraction of sp³-hybridized carbons (Fsp3) is 0.545. The summed E-state index contributed by atoms with van der Waals surface area (Å²) in [6.07, 6.45) is -3.87. The van der Waals surface area contributed by atoms with E-state index in [1.807, 2.05) is 0 Å². The number of alkyl halides is 3. The average molecular weight is 307 g/mol. The molecule has 1 atom stereocenters. The molecule has 1 aromatic rings. The molecule has 0 aliphatic carbocycles. The van der Waals surface area contributed by atoms with Gasteiger partial charge in [-0.3, -0.25) is 10.1 Å². The number of nitro groups is 1. The molecule has 2 heterocycles. The number of halogens is 3. The molecular weight excluding hydrogens is 295 g/mol. The quantitative estimate of drug-likeness (QED) is 0.647. The summed E-state index contributed by atoms with van der Waals surface area (Å²) in [5.74, 6) is 0. The van der Waals surface area contributed by atoms with E-state index in [1.165, 1.54) is 0 Å². The third-order valence-electron chi connectivity index (χ3n) is 3.06. The van der Waals surface area contributed by atoms with E-state index in [1.54, 1.807) is 0 Å². The number of rotatable bonds is 4. The van der Waals surface area contributed by atoms with Crippen LogP contribution in [0.25, 0.3) is 0 Å². The Balaban J connectivity index is 2.24. The van der Waals surface area contributed by atoms with Crippen molar-refractivity contribution < 1.29 is 27.9 Å². The van der Waals surface area contributed by atoms with Crippen LogP contribution in [0.4, 0.5) is 24.5 Å². The van der Waals surface area contributed by atoms with E-state index in [2.05, 4.69) is 10.3 Å². The second-order valence-corrected chi connectivity index (χ2v) is 4.72. The minimum atomic E-state index is -4.71. The summed E-state index contributed by atoms with van der Waals surface area (Å²) in [6.45, 7) is 0.185. The third kappa shape index (κ3) is 3.58. The van der Waals surface area contributed by atoms with E-state index in [-0.39, 0.29) is 18.8 Å². The van der Waals surface area contributed by atoms with Gasteiger partial charge in [-0.1, -0.05) is 0 Å². The van der Waals surface area contributed by atoms with E-state index in [0.717, 1.165) is 0 Å². The molecule has 0 aromatic carbocycles. The van der Waals surface area contributed by atoms with Crippen molar-refractivity contribution in [1.82, 2.24) is 4.98 Å². The SMILES string of the molecule is O=[N+]([O-])c1cnc(C(F)(F)F)cc1NCC1(O)CCOC1. The van der Waals surface area contributed by atoms with E-state index in [0.29, 0.717) is 25.3 Å². The molecule has 21 heavy (non-hydrogen) atoms. The first-order valence-electron chi connectivity index (χ1n) is 5.97. The highest BCUT2D eigenvalue weighted by molar-refractivity contribution is 5.61. The van der Waals surface area contributed by atoms with Crippen molar-refractivity contribution in [2.75, 3.05) is 25.1 Å². The summed E-state index contributed by atoms with van der Waals surface area (Å²) < 4.78 is 42.8. The van der Waals surface area contributed by atoms with Crippen LogP contribution in [0.15, 0.2) is 12.3 Å². The number of aromatic nitrogens is 1. The smallest absolute Gasteiger partial charge is 0.386 e. The molecule has 1 aliphatic rings. The predicted molar refractivity (Wildman–Crippen MR) is 64.8 cm³/mol. The van der Waals surface area contributed by atoms with Crippen LogP contribution < -0.4 is 5.32 Å². The highest BCUT2D eigenvalue weighted by Gasteiger charge is 2.36. The van der Waals surface area contributed by atoms with Gasteiger partial charge in [-0.05, 0) is 6.07 Å². The minimum Gasteiger partial charge on any atom is -0.386 e. The van der Waals surface area contributed by atoms with Gasteiger partial charge in [0.2, 0.25) is 0 Å². The highest BCUT2D eigenvalue weighted by Crippen LogP contribution is 2.33. The first-order chi connectivity index (χ1) is 9.71. The van der Waals surface area contributed by atoms with Crippen LogP contribution in [-0.2, 0) is 10.9 Å². The Kier molecular flexibility index (Phi) is 4.01. The van der Waals surface area contributed by atoms with Crippen LogP contribution in [0.5, 0.6) is 0 Å². The summed E-state index contributed by atoms with van der Waals surface area (Å²) in [5, 5.41) is 23.3. The minimum absolute atomic E-state index is 0.0189. The standard InChI is InChI=1S/C11H12F3N3O4/c12-11(13,14)9-3-7(8(4-15-9)17(19)20)16-5-10(18)1-2-21-6-10/h3-4,18H,1-2,5-6H2,(H,15,16). The number of nitrogens with zero attached hydrogens (tertiary/aromatic N) is 2. The molecule has 1 fully saturated rings. The molecule has 2 N–H and O–H groups in total. The number of aliphatic hydroxyl groups is 1. The number of hydrogen-bond acceptors (Lipinski definition) is 6. The topological polar surface area (TPSA) is 97.5 Å². The number of pyridine rings is 1. The van der Waals surface area contributed by atoms with Crippen molar-refractivity contribution in [1.29, 1.82) is 0 Å². The summed E-state index contributed by atoms with van der Waals surface area (Å²) in [5.41, 5.74) is -3.44. The molecule has 7 nitrogen and oxygen atoms in total. The van der Waals surface area contributed by atoms with Gasteiger partial charge in [-0.2, -0.15) is 13.2 Å². The lowest BCUT2D eigenvalue weighted by Crippen LogP contribution is -2.37. The van der Waals surface area contributed by atoms with Crippen molar-refractivity contribution >= 4 is 11.4 Å². The second-order valence-electron chi connectivity index (χ2n) is 4.72. The first-order valence-corrected chi connectivity index (χ1v) is 5.97. The van der Waals surface area contributed by atoms with Crippen molar-refractivity contribution in [3.05, 3.63) is 28.1 Å². The number of anilines is 1. The van der Waals surface area contributed by atoms with Crippen LogP contribution >= 0.6 is 0 Å². The molecule has 2 rings (SSSR count). The summed E-state index contributed by atoms with van der Waals surface area (Å²) >= 11 is 0. The Morgan fingerprint density at radius 2 is 2.29 bits per heavy atom. The van der Waals surface area contributed by atoms with Crippen molar-refractivity contribution in [3.8, 4) is 0 Å². The lowest BCUT2D eigenvalue weighted by atomic mass is 10.0. The summed E-state index contributed by atoms with van der Waals surface area (Å²) in [4.78, 5) is 13.0. The Labute approximate surface area is 116 Å². The third-order valence-corrected chi connectivity index (χ3v) is 3.06. The average Bonchev–Trinajstić information content (AvgIpc) is 2.82. The van der Waals surface area contributed by atoms with Crippen LogP contribution in [0, 0.1) is 10.1 Å². The number of hydrogen-bond donors (Lipinski definition) is 2. The maximum absolute atomic E-state index is 12.6. The van der Waals surface area contributed by atoms with Gasteiger partial charge in [0.25, 0.3) is 0 Å². The van der Waals surface area contributed by atoms with Gasteiger partial charge in [0.15, 0.2) is 0 Å². The van der Waals surface area contributed by atoms with Gasteiger partial charge in [0, 0.05) is 19.6 Å². The van der Waals surface area contributed by atoms with Gasteiger partial charge < -0.3 is 15.2 Å². The Bertz CT molecular complexity index is 544. The Morgan fingerprint density at radius 3 is 2.81 bits per heavy atom. The Morgan fingerprint density at radius 1 is 1.57 bits per heavy atom. The zero-order chi connectivity index (χ0) is 15.7. The number of ether oxygens (including phenoxy) is 1. The highest BCUT2D eigenvalue weighted by atomic mass is 19.4. The second kappa shape index (κ2) is 5.45. The molecule has 0 radical (unpaired) electrons. The lowest BCUT2D eigenvalue weighted by Gasteiger charge is -2.21. The van der Waals surface area contributed by atoms with Crippen LogP contribution in [0.3, 0.4) is 0 Å². The first kappa shape index (κ1) is 15.4. The molecule has 1 unspecified atom stereocenters.